The van der Waals surface area contributed by atoms with E-state index < -0.39 is 0 Å². The summed E-state index contributed by atoms with van der Waals surface area (Å²) in [6, 6.07) is 0. The summed E-state index contributed by atoms with van der Waals surface area (Å²) in [5.41, 5.74) is 0. The maximum Gasteiger partial charge on any atom is 0.306 e. The van der Waals surface area contributed by atoms with Crippen LogP contribution in [0.2, 0.25) is 0 Å². The minimum atomic E-state index is -0.0946. The topological polar surface area (TPSA) is 46.5 Å². The van der Waals surface area contributed by atoms with Crippen molar-refractivity contribution in [1.82, 2.24) is 0 Å². The van der Waals surface area contributed by atoms with Crippen LogP contribution in [0.1, 0.15) is 77.6 Å². The molecule has 0 saturated carbocycles. The van der Waals surface area contributed by atoms with Gasteiger partial charge in [0, 0.05) is 13.0 Å². The molecule has 1 N–H and O–H groups in total. The van der Waals surface area contributed by atoms with Crippen molar-refractivity contribution in [3.8, 4) is 0 Å². The first-order chi connectivity index (χ1) is 9.81. The third-order valence-corrected chi connectivity index (χ3v) is 3.27. The molecule has 0 rings (SSSR count). The van der Waals surface area contributed by atoms with Gasteiger partial charge in [-0.15, -0.1) is 0 Å². The van der Waals surface area contributed by atoms with Gasteiger partial charge in [-0.2, -0.15) is 0 Å². The second-order valence-electron chi connectivity index (χ2n) is 5.25. The van der Waals surface area contributed by atoms with E-state index in [-0.39, 0.29) is 12.6 Å². The maximum atomic E-state index is 11.4. The van der Waals surface area contributed by atoms with Crippen LogP contribution in [0.25, 0.3) is 0 Å². The third kappa shape index (κ3) is 15.2. The Bertz CT molecular complexity index is 236. The van der Waals surface area contributed by atoms with Crippen molar-refractivity contribution in [2.24, 2.45) is 0 Å². The smallest absolute Gasteiger partial charge is 0.306 e. The lowest BCUT2D eigenvalue weighted by molar-refractivity contribution is -0.142. The number of esters is 1. The zero-order valence-electron chi connectivity index (χ0n) is 13.1. The quantitative estimate of drug-likeness (QED) is 0.292. The van der Waals surface area contributed by atoms with E-state index in [4.69, 9.17) is 9.84 Å². The molecule has 0 fully saturated rings. The van der Waals surface area contributed by atoms with E-state index in [9.17, 15) is 4.79 Å². The van der Waals surface area contributed by atoms with Crippen molar-refractivity contribution < 1.29 is 14.6 Å². The molecule has 0 aromatic heterocycles. The molecule has 0 radical (unpaired) electrons. The predicted octanol–water partition coefficient (Wildman–Crippen LogP) is 4.39. The van der Waals surface area contributed by atoms with Gasteiger partial charge < -0.3 is 9.84 Å². The maximum absolute atomic E-state index is 11.4. The van der Waals surface area contributed by atoms with E-state index in [1.165, 1.54) is 25.7 Å². The fourth-order valence-electron chi connectivity index (χ4n) is 2.00. The van der Waals surface area contributed by atoms with Crippen molar-refractivity contribution in [1.29, 1.82) is 0 Å². The number of carbonyl (C=O) groups excluding carboxylic acids is 1. The predicted molar refractivity (Wildman–Crippen MR) is 83.6 cm³/mol. The van der Waals surface area contributed by atoms with Crippen LogP contribution >= 0.6 is 0 Å². The van der Waals surface area contributed by atoms with Gasteiger partial charge in [-0.1, -0.05) is 57.6 Å². The van der Waals surface area contributed by atoms with E-state index in [0.717, 1.165) is 38.5 Å². The molecule has 20 heavy (non-hydrogen) atoms. The Hall–Kier alpha value is -0.830. The number of hydrogen-bond acceptors (Lipinski definition) is 3. The molecule has 0 atom stereocenters. The molecule has 0 aliphatic carbocycles. The number of carbonyl (C=O) groups is 1. The third-order valence-electron chi connectivity index (χ3n) is 3.27. The van der Waals surface area contributed by atoms with Crippen LogP contribution in [-0.4, -0.2) is 24.3 Å². The highest BCUT2D eigenvalue weighted by Gasteiger charge is 2.00. The molecule has 118 valence electrons. The summed E-state index contributed by atoms with van der Waals surface area (Å²) in [7, 11) is 0. The monoisotopic (exact) mass is 284 g/mol. The molecule has 0 aromatic carbocycles. The fourth-order valence-corrected chi connectivity index (χ4v) is 2.00. The summed E-state index contributed by atoms with van der Waals surface area (Å²) in [6.07, 6.45) is 15.7. The summed E-state index contributed by atoms with van der Waals surface area (Å²) in [5, 5.41) is 8.63. The van der Waals surface area contributed by atoms with Gasteiger partial charge in [0.05, 0.1) is 0 Å². The lowest BCUT2D eigenvalue weighted by Gasteiger charge is -2.02. The average molecular weight is 284 g/mol. The van der Waals surface area contributed by atoms with Crippen LogP contribution in [0.3, 0.4) is 0 Å². The molecule has 0 unspecified atom stereocenters. The number of unbranched alkanes of at least 4 members (excludes halogenated alkanes) is 8. The van der Waals surface area contributed by atoms with E-state index in [2.05, 4.69) is 13.0 Å². The molecule has 0 bridgehead atoms. The summed E-state index contributed by atoms with van der Waals surface area (Å²) in [5.74, 6) is -0.0946. The van der Waals surface area contributed by atoms with Crippen molar-refractivity contribution in [3.63, 3.8) is 0 Å². The molecule has 0 aliphatic rings. The van der Waals surface area contributed by atoms with Gasteiger partial charge in [-0.05, 0) is 25.7 Å². The first-order valence-corrected chi connectivity index (χ1v) is 8.22. The Morgan fingerprint density at radius 3 is 2.40 bits per heavy atom. The number of ether oxygens (including phenoxy) is 1. The summed E-state index contributed by atoms with van der Waals surface area (Å²) in [6.45, 7) is 2.89. The average Bonchev–Trinajstić information content (AvgIpc) is 2.45. The highest BCUT2D eigenvalue weighted by molar-refractivity contribution is 5.69. The van der Waals surface area contributed by atoms with Gasteiger partial charge >= 0.3 is 5.97 Å². The molecule has 0 spiro atoms. The van der Waals surface area contributed by atoms with Crippen molar-refractivity contribution in [2.75, 3.05) is 13.2 Å². The minimum Gasteiger partial charge on any atom is -0.461 e. The summed E-state index contributed by atoms with van der Waals surface area (Å²) < 4.78 is 5.13. The SMILES string of the molecule is CCCCCC/C=C\COC(=O)CCCCCCCO. The molecule has 0 aromatic rings. The second-order valence-corrected chi connectivity index (χ2v) is 5.25. The second kappa shape index (κ2) is 16.2. The zero-order valence-corrected chi connectivity index (χ0v) is 13.1. The largest absolute Gasteiger partial charge is 0.461 e. The number of aliphatic hydroxyl groups excluding tert-OH is 1. The Morgan fingerprint density at radius 1 is 0.950 bits per heavy atom. The van der Waals surface area contributed by atoms with Gasteiger partial charge in [0.15, 0.2) is 0 Å². The molecule has 0 aliphatic heterocycles. The summed E-state index contributed by atoms with van der Waals surface area (Å²) >= 11 is 0. The molecule has 0 amide bonds. The first kappa shape index (κ1) is 19.2. The molecular formula is C17H32O3. The van der Waals surface area contributed by atoms with Crippen LogP contribution in [0.4, 0.5) is 0 Å². The highest BCUT2D eigenvalue weighted by atomic mass is 16.5. The number of aliphatic hydroxyl groups is 1. The van der Waals surface area contributed by atoms with Gasteiger partial charge in [0.2, 0.25) is 0 Å². The van der Waals surface area contributed by atoms with E-state index in [1.54, 1.807) is 0 Å². The van der Waals surface area contributed by atoms with Crippen molar-refractivity contribution in [2.45, 2.75) is 77.6 Å². The van der Waals surface area contributed by atoms with Crippen LogP contribution < -0.4 is 0 Å². The van der Waals surface area contributed by atoms with Crippen LogP contribution in [-0.2, 0) is 9.53 Å². The van der Waals surface area contributed by atoms with E-state index in [1.807, 2.05) is 6.08 Å². The van der Waals surface area contributed by atoms with Gasteiger partial charge in [-0.3, -0.25) is 4.79 Å². The zero-order chi connectivity index (χ0) is 14.9. The Kier molecular flexibility index (Phi) is 15.6. The molecular weight excluding hydrogens is 252 g/mol. The summed E-state index contributed by atoms with van der Waals surface area (Å²) in [4.78, 5) is 11.4. The Labute approximate surface area is 124 Å². The van der Waals surface area contributed by atoms with Gasteiger partial charge in [0.25, 0.3) is 0 Å². The van der Waals surface area contributed by atoms with Crippen LogP contribution in [0.5, 0.6) is 0 Å². The molecule has 0 saturated heterocycles. The first-order valence-electron chi connectivity index (χ1n) is 8.22. The fraction of sp³-hybridized carbons (Fsp3) is 0.824. The van der Waals surface area contributed by atoms with Gasteiger partial charge in [0.1, 0.15) is 6.61 Å². The lowest BCUT2D eigenvalue weighted by Crippen LogP contribution is -2.04. The number of hydrogen-bond donors (Lipinski definition) is 1. The molecule has 0 heterocycles. The van der Waals surface area contributed by atoms with Crippen molar-refractivity contribution >= 4 is 5.97 Å². The molecule has 3 heteroatoms. The highest BCUT2D eigenvalue weighted by Crippen LogP contribution is 2.06. The van der Waals surface area contributed by atoms with Crippen molar-refractivity contribution in [3.05, 3.63) is 12.2 Å². The Morgan fingerprint density at radius 2 is 1.65 bits per heavy atom. The van der Waals surface area contributed by atoms with E-state index in [0.29, 0.717) is 13.0 Å². The number of allylic oxidation sites excluding steroid dienone is 1. The molecule has 3 nitrogen and oxygen atoms in total. The Balaban J connectivity index is 3.25. The normalized spacial score (nSPS) is 11.1. The minimum absolute atomic E-state index is 0.0946. The standard InChI is InChI=1S/C17H32O3/c1-2-3-4-5-6-10-13-16-20-17(19)14-11-8-7-9-12-15-18/h10,13,18H,2-9,11-12,14-16H2,1H3/b13-10-. The van der Waals surface area contributed by atoms with Crippen LogP contribution in [0.15, 0.2) is 12.2 Å². The van der Waals surface area contributed by atoms with E-state index >= 15 is 0 Å². The lowest BCUT2D eigenvalue weighted by atomic mass is 10.1. The number of rotatable bonds is 14. The van der Waals surface area contributed by atoms with Gasteiger partial charge in [-0.25, -0.2) is 0 Å². The van der Waals surface area contributed by atoms with Crippen LogP contribution in [0, 0.1) is 0 Å².